The highest BCUT2D eigenvalue weighted by molar-refractivity contribution is 7.91. The van der Waals surface area contributed by atoms with E-state index in [1.165, 1.54) is 12.1 Å². The number of carbonyl (C=O) groups is 1. The molecule has 100 valence electrons. The third-order valence-electron chi connectivity index (χ3n) is 2.31. The molecule has 1 aromatic rings. The third-order valence-corrected chi connectivity index (χ3v) is 4.04. The molecule has 0 saturated carbocycles. The van der Waals surface area contributed by atoms with Gasteiger partial charge in [0.2, 0.25) is 0 Å². The highest BCUT2D eigenvalue weighted by atomic mass is 32.2. The number of carbonyl (C=O) groups excluding carboxylic acids is 1. The summed E-state index contributed by atoms with van der Waals surface area (Å²) in [5.41, 5.74) is 0.969. The molecule has 0 aliphatic rings. The van der Waals surface area contributed by atoms with Crippen molar-refractivity contribution in [3.8, 4) is 0 Å². The largest absolute Gasteiger partial charge is 0.463 e. The number of aliphatic hydroxyl groups excluding tert-OH is 1. The predicted octanol–water partition coefficient (Wildman–Crippen LogP) is 0.694. The van der Waals surface area contributed by atoms with Gasteiger partial charge < -0.3 is 9.84 Å². The van der Waals surface area contributed by atoms with Crippen molar-refractivity contribution in [3.63, 3.8) is 0 Å². The highest BCUT2D eigenvalue weighted by Gasteiger charge is 2.16. The zero-order valence-corrected chi connectivity index (χ0v) is 10.9. The van der Waals surface area contributed by atoms with Gasteiger partial charge in [-0.25, -0.2) is 8.42 Å². The van der Waals surface area contributed by atoms with Crippen molar-refractivity contribution in [2.45, 2.75) is 18.2 Å². The lowest BCUT2D eigenvalue weighted by Gasteiger charge is -2.05. The number of ether oxygens (including phenoxy) is 1. The molecule has 0 radical (unpaired) electrons. The molecule has 0 bridgehead atoms. The number of aliphatic hydroxyl groups is 1. The number of aryl methyl sites for hydroxylation is 1. The molecule has 0 aromatic heterocycles. The van der Waals surface area contributed by atoms with Gasteiger partial charge in [0.05, 0.1) is 23.7 Å². The van der Waals surface area contributed by atoms with E-state index in [1.807, 2.05) is 6.92 Å². The van der Waals surface area contributed by atoms with Gasteiger partial charge in [-0.2, -0.15) is 0 Å². The zero-order valence-electron chi connectivity index (χ0n) is 10.1. The molecule has 0 atom stereocenters. The van der Waals surface area contributed by atoms with Gasteiger partial charge in [0, 0.05) is 0 Å². The van der Waals surface area contributed by atoms with Gasteiger partial charge in [0.15, 0.2) is 9.84 Å². The molecule has 0 fully saturated rings. The van der Waals surface area contributed by atoms with Crippen molar-refractivity contribution in [2.75, 3.05) is 19.0 Å². The minimum atomic E-state index is -3.46. The van der Waals surface area contributed by atoms with Crippen LogP contribution in [0.1, 0.15) is 12.0 Å². The van der Waals surface area contributed by atoms with E-state index in [9.17, 15) is 13.2 Å². The Hall–Kier alpha value is -1.40. The average molecular weight is 272 g/mol. The number of esters is 1. The lowest BCUT2D eigenvalue weighted by Crippen LogP contribution is -2.15. The fourth-order valence-corrected chi connectivity index (χ4v) is 2.53. The molecular formula is C12H16O5S. The van der Waals surface area contributed by atoms with E-state index in [-0.39, 0.29) is 30.3 Å². The first-order valence-corrected chi connectivity index (χ1v) is 7.17. The quantitative estimate of drug-likeness (QED) is 0.771. The first-order chi connectivity index (χ1) is 8.45. The summed E-state index contributed by atoms with van der Waals surface area (Å²) in [4.78, 5) is 11.3. The molecule has 5 nitrogen and oxygen atoms in total. The third kappa shape index (κ3) is 4.46. The van der Waals surface area contributed by atoms with Gasteiger partial charge in [-0.1, -0.05) is 17.7 Å². The predicted molar refractivity (Wildman–Crippen MR) is 65.9 cm³/mol. The summed E-state index contributed by atoms with van der Waals surface area (Å²) in [6, 6.07) is 6.45. The molecule has 0 saturated heterocycles. The Labute approximate surface area is 106 Å². The Morgan fingerprint density at radius 3 is 2.44 bits per heavy atom. The van der Waals surface area contributed by atoms with Crippen LogP contribution in [0.15, 0.2) is 29.2 Å². The van der Waals surface area contributed by atoms with E-state index in [4.69, 9.17) is 5.11 Å². The monoisotopic (exact) mass is 272 g/mol. The van der Waals surface area contributed by atoms with Gasteiger partial charge in [-0.3, -0.25) is 4.79 Å². The number of sulfone groups is 1. The topological polar surface area (TPSA) is 80.7 Å². The van der Waals surface area contributed by atoms with Crippen LogP contribution >= 0.6 is 0 Å². The van der Waals surface area contributed by atoms with Gasteiger partial charge in [-0.05, 0) is 19.1 Å². The number of rotatable bonds is 6. The summed E-state index contributed by atoms with van der Waals surface area (Å²) in [5.74, 6) is -0.917. The van der Waals surface area contributed by atoms with Crippen molar-refractivity contribution in [2.24, 2.45) is 0 Å². The number of hydrogen-bond acceptors (Lipinski definition) is 5. The number of hydrogen-bond donors (Lipinski definition) is 1. The van der Waals surface area contributed by atoms with Crippen molar-refractivity contribution < 1.29 is 23.1 Å². The van der Waals surface area contributed by atoms with Gasteiger partial charge in [0.1, 0.15) is 6.61 Å². The Morgan fingerprint density at radius 1 is 1.28 bits per heavy atom. The van der Waals surface area contributed by atoms with Crippen LogP contribution < -0.4 is 0 Å². The van der Waals surface area contributed by atoms with Crippen LogP contribution in [0.5, 0.6) is 0 Å². The summed E-state index contributed by atoms with van der Waals surface area (Å²) >= 11 is 0. The van der Waals surface area contributed by atoms with Crippen LogP contribution in [0.2, 0.25) is 0 Å². The first-order valence-electron chi connectivity index (χ1n) is 5.51. The highest BCUT2D eigenvalue weighted by Crippen LogP contribution is 2.13. The minimum absolute atomic E-state index is 0.108. The molecule has 0 aliphatic heterocycles. The van der Waals surface area contributed by atoms with Crippen molar-refractivity contribution in [3.05, 3.63) is 29.8 Å². The Bertz CT molecular complexity index is 490. The van der Waals surface area contributed by atoms with Gasteiger partial charge >= 0.3 is 5.97 Å². The molecule has 0 amide bonds. The van der Waals surface area contributed by atoms with E-state index in [2.05, 4.69) is 4.74 Å². The second-order valence-electron chi connectivity index (χ2n) is 3.83. The maximum atomic E-state index is 11.9. The van der Waals surface area contributed by atoms with Crippen LogP contribution in [-0.2, 0) is 19.4 Å². The summed E-state index contributed by atoms with van der Waals surface area (Å²) in [6.07, 6.45) is -0.212. The van der Waals surface area contributed by atoms with E-state index >= 15 is 0 Å². The maximum absolute atomic E-state index is 11.9. The van der Waals surface area contributed by atoms with E-state index in [1.54, 1.807) is 12.1 Å². The molecule has 0 spiro atoms. The fraction of sp³-hybridized carbons (Fsp3) is 0.417. The smallest absolute Gasteiger partial charge is 0.306 e. The van der Waals surface area contributed by atoms with Crippen LogP contribution in [0.3, 0.4) is 0 Å². The molecule has 0 unspecified atom stereocenters. The van der Waals surface area contributed by atoms with E-state index < -0.39 is 15.8 Å². The van der Waals surface area contributed by atoms with Crippen LogP contribution in [-0.4, -0.2) is 38.5 Å². The minimum Gasteiger partial charge on any atom is -0.463 e. The second kappa shape index (κ2) is 6.51. The summed E-state index contributed by atoms with van der Waals surface area (Å²) in [6.45, 7) is 1.49. The van der Waals surface area contributed by atoms with Gasteiger partial charge in [-0.15, -0.1) is 0 Å². The molecule has 1 rings (SSSR count). The van der Waals surface area contributed by atoms with E-state index in [0.717, 1.165) is 5.56 Å². The number of benzene rings is 1. The Morgan fingerprint density at radius 2 is 1.89 bits per heavy atom. The zero-order chi connectivity index (χ0) is 13.6. The summed E-state index contributed by atoms with van der Waals surface area (Å²) < 4.78 is 28.3. The van der Waals surface area contributed by atoms with Crippen LogP contribution in [0.4, 0.5) is 0 Å². The molecule has 6 heteroatoms. The first kappa shape index (κ1) is 14.7. The molecule has 0 heterocycles. The lowest BCUT2D eigenvalue weighted by molar-refractivity contribution is -0.144. The standard InChI is InChI=1S/C12H16O5S/c1-10-2-4-11(5-3-10)18(15,16)9-6-12(14)17-8-7-13/h2-5,13H,6-9H2,1H3. The van der Waals surface area contributed by atoms with Crippen molar-refractivity contribution in [1.82, 2.24) is 0 Å². The molecule has 1 aromatic carbocycles. The van der Waals surface area contributed by atoms with Gasteiger partial charge in [0.25, 0.3) is 0 Å². The Balaban J connectivity index is 2.60. The molecule has 1 N–H and O–H groups in total. The second-order valence-corrected chi connectivity index (χ2v) is 5.94. The van der Waals surface area contributed by atoms with Crippen LogP contribution in [0, 0.1) is 6.92 Å². The average Bonchev–Trinajstić information content (AvgIpc) is 2.34. The van der Waals surface area contributed by atoms with Crippen molar-refractivity contribution in [1.29, 1.82) is 0 Å². The van der Waals surface area contributed by atoms with Crippen molar-refractivity contribution >= 4 is 15.8 Å². The maximum Gasteiger partial charge on any atom is 0.306 e. The fourth-order valence-electron chi connectivity index (χ4n) is 1.31. The molecule has 18 heavy (non-hydrogen) atoms. The normalized spacial score (nSPS) is 11.2. The summed E-state index contributed by atoms with van der Waals surface area (Å²) in [7, 11) is -3.46. The molecule has 0 aliphatic carbocycles. The lowest BCUT2D eigenvalue weighted by atomic mass is 10.2. The molecular weight excluding hydrogens is 256 g/mol. The SMILES string of the molecule is Cc1ccc(S(=O)(=O)CCC(=O)OCCO)cc1. The van der Waals surface area contributed by atoms with Crippen LogP contribution in [0.25, 0.3) is 0 Å². The van der Waals surface area contributed by atoms with E-state index in [0.29, 0.717) is 0 Å². The Kier molecular flexibility index (Phi) is 5.30. The summed E-state index contributed by atoms with van der Waals surface area (Å²) in [5, 5.41) is 8.45.